The van der Waals surface area contributed by atoms with E-state index < -0.39 is 0 Å². The Morgan fingerprint density at radius 2 is 1.67 bits per heavy atom. The van der Waals surface area contributed by atoms with Crippen LogP contribution >= 0.6 is 0 Å². The molecule has 0 aromatic carbocycles. The Morgan fingerprint density at radius 3 is 2.19 bits per heavy atom. The van der Waals surface area contributed by atoms with Gasteiger partial charge in [-0.2, -0.15) is 0 Å². The Kier molecular flexibility index (Phi) is 5.72. The highest BCUT2D eigenvalue weighted by Gasteiger charge is 2.36. The van der Waals surface area contributed by atoms with Crippen LogP contribution in [0.15, 0.2) is 0 Å². The highest BCUT2D eigenvalue weighted by Crippen LogP contribution is 2.40. The molecule has 1 heterocycles. The lowest BCUT2D eigenvalue weighted by molar-refractivity contribution is -0.00568. The summed E-state index contributed by atoms with van der Waals surface area (Å²) >= 11 is 0. The van der Waals surface area contributed by atoms with E-state index in [1.54, 1.807) is 0 Å². The van der Waals surface area contributed by atoms with Gasteiger partial charge in [0.2, 0.25) is 0 Å². The first-order valence-corrected chi connectivity index (χ1v) is 8.92. The van der Waals surface area contributed by atoms with Crippen LogP contribution in [0.2, 0.25) is 0 Å². The molecular formula is C18H36N2O. The molecule has 2 aliphatic rings. The van der Waals surface area contributed by atoms with E-state index in [0.29, 0.717) is 17.4 Å². The van der Waals surface area contributed by atoms with Crippen LogP contribution in [0.25, 0.3) is 0 Å². The minimum atomic E-state index is -0.0771. The highest BCUT2D eigenvalue weighted by atomic mass is 16.3. The molecule has 3 atom stereocenters. The van der Waals surface area contributed by atoms with Gasteiger partial charge in [-0.1, -0.05) is 20.8 Å². The standard InChI is InChI=1S/C18H36N2O/c1-14(2)20-10-8-19(9-11-20)13-15-12-16(18(3,4)5)6-7-17(15)21/h14-17,21H,6-13H2,1-5H3. The first-order valence-electron chi connectivity index (χ1n) is 8.92. The minimum absolute atomic E-state index is 0.0771. The quantitative estimate of drug-likeness (QED) is 0.867. The van der Waals surface area contributed by atoms with E-state index in [0.717, 1.165) is 18.9 Å². The smallest absolute Gasteiger partial charge is 0.0580 e. The molecule has 0 amide bonds. The molecule has 2 fully saturated rings. The summed E-state index contributed by atoms with van der Waals surface area (Å²) in [5.41, 5.74) is 0.384. The Labute approximate surface area is 131 Å². The molecule has 21 heavy (non-hydrogen) atoms. The topological polar surface area (TPSA) is 26.7 Å². The van der Waals surface area contributed by atoms with Crippen molar-refractivity contribution < 1.29 is 5.11 Å². The number of rotatable bonds is 3. The molecule has 0 aromatic heterocycles. The molecule has 1 aliphatic heterocycles. The summed E-state index contributed by atoms with van der Waals surface area (Å²) in [5.74, 6) is 1.25. The molecule has 3 unspecified atom stereocenters. The second-order valence-electron chi connectivity index (χ2n) is 8.63. The minimum Gasteiger partial charge on any atom is -0.393 e. The number of piperazine rings is 1. The zero-order valence-electron chi connectivity index (χ0n) is 14.8. The van der Waals surface area contributed by atoms with Crippen LogP contribution in [0.4, 0.5) is 0 Å². The van der Waals surface area contributed by atoms with E-state index in [-0.39, 0.29) is 6.10 Å². The molecule has 1 N–H and O–H groups in total. The average molecular weight is 296 g/mol. The fourth-order valence-electron chi connectivity index (χ4n) is 4.02. The van der Waals surface area contributed by atoms with Gasteiger partial charge in [-0.15, -0.1) is 0 Å². The monoisotopic (exact) mass is 296 g/mol. The van der Waals surface area contributed by atoms with Gasteiger partial charge in [0.1, 0.15) is 0 Å². The SMILES string of the molecule is CC(C)N1CCN(CC2CC(C(C)(C)C)CCC2O)CC1. The molecule has 3 nitrogen and oxygen atoms in total. The molecule has 1 aliphatic carbocycles. The predicted octanol–water partition coefficient (Wildman–Crippen LogP) is 2.84. The molecule has 0 spiro atoms. The van der Waals surface area contributed by atoms with E-state index in [1.807, 2.05) is 0 Å². The predicted molar refractivity (Wildman–Crippen MR) is 89.4 cm³/mol. The van der Waals surface area contributed by atoms with Crippen molar-refractivity contribution in [3.63, 3.8) is 0 Å². The fraction of sp³-hybridized carbons (Fsp3) is 1.00. The molecule has 2 rings (SSSR count). The van der Waals surface area contributed by atoms with Gasteiger partial charge in [0.05, 0.1) is 6.10 Å². The maximum Gasteiger partial charge on any atom is 0.0580 e. The van der Waals surface area contributed by atoms with Crippen LogP contribution < -0.4 is 0 Å². The van der Waals surface area contributed by atoms with Crippen molar-refractivity contribution in [3.05, 3.63) is 0 Å². The first-order chi connectivity index (χ1) is 9.77. The molecule has 1 saturated heterocycles. The number of hydrogen-bond donors (Lipinski definition) is 1. The summed E-state index contributed by atoms with van der Waals surface area (Å²) in [6.45, 7) is 17.4. The molecular weight excluding hydrogens is 260 g/mol. The van der Waals surface area contributed by atoms with E-state index in [9.17, 15) is 5.11 Å². The summed E-state index contributed by atoms with van der Waals surface area (Å²) in [4.78, 5) is 5.14. The Balaban J connectivity index is 1.84. The Bertz CT molecular complexity index is 316. The lowest BCUT2D eigenvalue weighted by Crippen LogP contribution is -2.51. The lowest BCUT2D eigenvalue weighted by atomic mass is 9.68. The molecule has 3 heteroatoms. The van der Waals surface area contributed by atoms with Gasteiger partial charge >= 0.3 is 0 Å². The van der Waals surface area contributed by atoms with Crippen molar-refractivity contribution in [3.8, 4) is 0 Å². The summed E-state index contributed by atoms with van der Waals surface area (Å²) in [6.07, 6.45) is 3.32. The largest absolute Gasteiger partial charge is 0.393 e. The maximum atomic E-state index is 10.4. The first kappa shape index (κ1) is 17.2. The van der Waals surface area contributed by atoms with Crippen LogP contribution in [0.3, 0.4) is 0 Å². The molecule has 0 radical (unpaired) electrons. The van der Waals surface area contributed by atoms with Gasteiger partial charge in [0, 0.05) is 38.8 Å². The second kappa shape index (κ2) is 6.97. The maximum absolute atomic E-state index is 10.4. The highest BCUT2D eigenvalue weighted by molar-refractivity contribution is 4.88. The third kappa shape index (κ3) is 4.67. The van der Waals surface area contributed by atoms with Gasteiger partial charge < -0.3 is 10.0 Å². The van der Waals surface area contributed by atoms with Gasteiger partial charge in [-0.25, -0.2) is 0 Å². The van der Waals surface area contributed by atoms with Crippen molar-refractivity contribution >= 4 is 0 Å². The number of aliphatic hydroxyl groups excluding tert-OH is 1. The van der Waals surface area contributed by atoms with Crippen molar-refractivity contribution in [2.24, 2.45) is 17.3 Å². The fourth-order valence-corrected chi connectivity index (χ4v) is 4.02. The summed E-state index contributed by atoms with van der Waals surface area (Å²) in [7, 11) is 0. The zero-order chi connectivity index (χ0) is 15.6. The van der Waals surface area contributed by atoms with Gasteiger partial charge in [0.25, 0.3) is 0 Å². The summed E-state index contributed by atoms with van der Waals surface area (Å²) in [6, 6.07) is 0.665. The van der Waals surface area contributed by atoms with Crippen LogP contribution in [-0.4, -0.2) is 59.8 Å². The van der Waals surface area contributed by atoms with Crippen LogP contribution in [0, 0.1) is 17.3 Å². The van der Waals surface area contributed by atoms with Gasteiger partial charge in [-0.05, 0) is 50.4 Å². The average Bonchev–Trinajstić information content (AvgIpc) is 2.40. The molecule has 1 saturated carbocycles. The van der Waals surface area contributed by atoms with E-state index in [2.05, 4.69) is 44.4 Å². The summed E-state index contributed by atoms with van der Waals surface area (Å²) < 4.78 is 0. The van der Waals surface area contributed by atoms with Crippen molar-refractivity contribution in [2.75, 3.05) is 32.7 Å². The van der Waals surface area contributed by atoms with Crippen LogP contribution in [0.1, 0.15) is 53.9 Å². The van der Waals surface area contributed by atoms with Crippen molar-refractivity contribution in [2.45, 2.75) is 66.0 Å². The zero-order valence-corrected chi connectivity index (χ0v) is 14.8. The van der Waals surface area contributed by atoms with E-state index >= 15 is 0 Å². The third-order valence-electron chi connectivity index (χ3n) is 5.80. The van der Waals surface area contributed by atoms with Crippen LogP contribution in [0.5, 0.6) is 0 Å². The van der Waals surface area contributed by atoms with Crippen molar-refractivity contribution in [1.82, 2.24) is 9.80 Å². The van der Waals surface area contributed by atoms with Gasteiger partial charge in [0.15, 0.2) is 0 Å². The van der Waals surface area contributed by atoms with Crippen LogP contribution in [-0.2, 0) is 0 Å². The molecule has 0 bridgehead atoms. The Hall–Kier alpha value is -0.120. The normalized spacial score (nSPS) is 33.6. The van der Waals surface area contributed by atoms with E-state index in [1.165, 1.54) is 39.0 Å². The Morgan fingerprint density at radius 1 is 1.05 bits per heavy atom. The molecule has 0 aromatic rings. The number of nitrogens with zero attached hydrogens (tertiary/aromatic N) is 2. The summed E-state index contributed by atoms with van der Waals surface area (Å²) in [5, 5.41) is 10.4. The van der Waals surface area contributed by atoms with E-state index in [4.69, 9.17) is 0 Å². The number of hydrogen-bond acceptors (Lipinski definition) is 3. The van der Waals surface area contributed by atoms with Gasteiger partial charge in [-0.3, -0.25) is 4.90 Å². The molecule has 124 valence electrons. The lowest BCUT2D eigenvalue weighted by Gasteiger charge is -2.43. The van der Waals surface area contributed by atoms with Crippen molar-refractivity contribution in [1.29, 1.82) is 0 Å². The third-order valence-corrected chi connectivity index (χ3v) is 5.80. The second-order valence-corrected chi connectivity index (χ2v) is 8.63. The number of aliphatic hydroxyl groups is 1.